The van der Waals surface area contributed by atoms with E-state index in [2.05, 4.69) is 32.9 Å². The molecule has 0 N–H and O–H groups in total. The minimum atomic E-state index is 0.141. The molecule has 1 aromatic carbocycles. The highest BCUT2D eigenvalue weighted by molar-refractivity contribution is 6.21. The number of rotatable bonds is 3. The third kappa shape index (κ3) is 3.69. The monoisotopic (exact) mass is 294 g/mol. The Kier molecular flexibility index (Phi) is 5.01. The van der Waals surface area contributed by atoms with Gasteiger partial charge in [-0.3, -0.25) is 0 Å². The molecule has 1 nitrogen and oxygen atoms in total. The third-order valence-corrected chi connectivity index (χ3v) is 5.45. The largest absolute Gasteiger partial charge is 0.497 e. The molecular weight excluding hydrogens is 268 g/mol. The van der Waals surface area contributed by atoms with E-state index in [-0.39, 0.29) is 5.38 Å². The van der Waals surface area contributed by atoms with Crippen molar-refractivity contribution in [3.05, 3.63) is 29.8 Å². The van der Waals surface area contributed by atoms with Crippen LogP contribution in [0.25, 0.3) is 0 Å². The van der Waals surface area contributed by atoms with E-state index in [1.165, 1.54) is 31.2 Å². The Labute approximate surface area is 128 Å². The molecule has 1 fully saturated rings. The number of hydrogen-bond acceptors (Lipinski definition) is 1. The molecule has 2 heteroatoms. The summed E-state index contributed by atoms with van der Waals surface area (Å²) in [4.78, 5) is 0. The maximum absolute atomic E-state index is 6.70. The van der Waals surface area contributed by atoms with Crippen LogP contribution in [0.3, 0.4) is 0 Å². The lowest BCUT2D eigenvalue weighted by molar-refractivity contribution is 0.148. The third-order valence-electron chi connectivity index (χ3n) is 4.84. The number of methoxy groups -OCH3 is 1. The molecule has 1 aliphatic rings. The number of ether oxygens (including phenoxy) is 1. The first-order valence-electron chi connectivity index (χ1n) is 7.70. The van der Waals surface area contributed by atoms with Gasteiger partial charge in [-0.15, -0.1) is 11.6 Å². The van der Waals surface area contributed by atoms with Gasteiger partial charge in [0.05, 0.1) is 12.5 Å². The average Bonchev–Trinajstić information content (AvgIpc) is 2.46. The second-order valence-electron chi connectivity index (χ2n) is 7.15. The summed E-state index contributed by atoms with van der Waals surface area (Å²) in [5, 5.41) is 0.141. The quantitative estimate of drug-likeness (QED) is 0.638. The molecule has 1 atom stereocenters. The SMILES string of the molecule is COc1ccc(C(Cl)C2CCC(C(C)(C)C)CC2)cc1. The van der Waals surface area contributed by atoms with Crippen LogP contribution in [-0.4, -0.2) is 7.11 Å². The first-order valence-corrected chi connectivity index (χ1v) is 8.13. The number of halogens is 1. The van der Waals surface area contributed by atoms with Crippen molar-refractivity contribution >= 4 is 11.6 Å². The predicted octanol–water partition coefficient (Wildman–Crippen LogP) is 5.83. The van der Waals surface area contributed by atoms with Crippen LogP contribution < -0.4 is 4.74 Å². The average molecular weight is 295 g/mol. The minimum Gasteiger partial charge on any atom is -0.497 e. The molecule has 0 amide bonds. The van der Waals surface area contributed by atoms with Crippen molar-refractivity contribution in [1.29, 1.82) is 0 Å². The van der Waals surface area contributed by atoms with Crippen LogP contribution in [-0.2, 0) is 0 Å². The molecule has 0 bridgehead atoms. The highest BCUT2D eigenvalue weighted by atomic mass is 35.5. The molecule has 0 spiro atoms. The Morgan fingerprint density at radius 1 is 1.05 bits per heavy atom. The van der Waals surface area contributed by atoms with Gasteiger partial charge in [0.15, 0.2) is 0 Å². The van der Waals surface area contributed by atoms with Crippen LogP contribution in [0.4, 0.5) is 0 Å². The fourth-order valence-electron chi connectivity index (χ4n) is 3.34. The first-order chi connectivity index (χ1) is 9.41. The summed E-state index contributed by atoms with van der Waals surface area (Å²) >= 11 is 6.70. The zero-order valence-electron chi connectivity index (χ0n) is 13.2. The van der Waals surface area contributed by atoms with Gasteiger partial charge < -0.3 is 4.74 Å². The molecule has 0 radical (unpaired) electrons. The van der Waals surface area contributed by atoms with Gasteiger partial charge in [-0.05, 0) is 60.6 Å². The summed E-state index contributed by atoms with van der Waals surface area (Å²) in [5.41, 5.74) is 1.67. The summed E-state index contributed by atoms with van der Waals surface area (Å²) < 4.78 is 5.20. The van der Waals surface area contributed by atoms with Crippen LogP contribution in [0.15, 0.2) is 24.3 Å². The zero-order valence-corrected chi connectivity index (χ0v) is 13.9. The molecular formula is C18H27ClO. The lowest BCUT2D eigenvalue weighted by Gasteiger charge is -2.38. The normalized spacial score (nSPS) is 25.2. The molecule has 1 aromatic rings. The van der Waals surface area contributed by atoms with Gasteiger partial charge in [0.25, 0.3) is 0 Å². The Morgan fingerprint density at radius 3 is 2.05 bits per heavy atom. The van der Waals surface area contributed by atoms with Crippen LogP contribution in [0.5, 0.6) is 5.75 Å². The van der Waals surface area contributed by atoms with E-state index in [4.69, 9.17) is 16.3 Å². The lowest BCUT2D eigenvalue weighted by Crippen LogP contribution is -2.27. The van der Waals surface area contributed by atoms with Crippen molar-refractivity contribution in [3.8, 4) is 5.75 Å². The molecule has 0 heterocycles. The molecule has 20 heavy (non-hydrogen) atoms. The molecule has 1 unspecified atom stereocenters. The van der Waals surface area contributed by atoms with Gasteiger partial charge in [0.2, 0.25) is 0 Å². The maximum Gasteiger partial charge on any atom is 0.118 e. The fourth-order valence-corrected chi connectivity index (χ4v) is 3.74. The predicted molar refractivity (Wildman–Crippen MR) is 86.5 cm³/mol. The van der Waals surface area contributed by atoms with Gasteiger partial charge >= 0.3 is 0 Å². The van der Waals surface area contributed by atoms with E-state index < -0.39 is 0 Å². The number of benzene rings is 1. The van der Waals surface area contributed by atoms with E-state index in [0.29, 0.717) is 11.3 Å². The Morgan fingerprint density at radius 2 is 1.60 bits per heavy atom. The Bertz CT molecular complexity index is 410. The van der Waals surface area contributed by atoms with Crippen molar-refractivity contribution in [2.45, 2.75) is 51.8 Å². The van der Waals surface area contributed by atoms with Gasteiger partial charge in [0.1, 0.15) is 5.75 Å². The highest BCUT2D eigenvalue weighted by Crippen LogP contribution is 2.45. The maximum atomic E-state index is 6.70. The number of hydrogen-bond donors (Lipinski definition) is 0. The second kappa shape index (κ2) is 6.39. The van der Waals surface area contributed by atoms with Crippen molar-refractivity contribution < 1.29 is 4.74 Å². The molecule has 0 aromatic heterocycles. The van der Waals surface area contributed by atoms with Crippen molar-refractivity contribution in [2.24, 2.45) is 17.3 Å². The number of alkyl halides is 1. The fraction of sp³-hybridized carbons (Fsp3) is 0.667. The molecule has 112 valence electrons. The van der Waals surface area contributed by atoms with E-state index in [1.54, 1.807) is 7.11 Å². The van der Waals surface area contributed by atoms with Crippen molar-refractivity contribution in [1.82, 2.24) is 0 Å². The molecule has 1 saturated carbocycles. The van der Waals surface area contributed by atoms with Crippen LogP contribution >= 0.6 is 11.6 Å². The molecule has 0 aliphatic heterocycles. The van der Waals surface area contributed by atoms with Gasteiger partial charge in [0, 0.05) is 0 Å². The topological polar surface area (TPSA) is 9.23 Å². The van der Waals surface area contributed by atoms with Crippen molar-refractivity contribution in [3.63, 3.8) is 0 Å². The second-order valence-corrected chi connectivity index (χ2v) is 7.62. The van der Waals surface area contributed by atoms with Gasteiger partial charge in [-0.2, -0.15) is 0 Å². The van der Waals surface area contributed by atoms with Crippen molar-refractivity contribution in [2.75, 3.05) is 7.11 Å². The summed E-state index contributed by atoms with van der Waals surface area (Å²) in [6.45, 7) is 7.08. The van der Waals surface area contributed by atoms with E-state index in [1.807, 2.05) is 12.1 Å². The van der Waals surface area contributed by atoms with E-state index in [0.717, 1.165) is 11.7 Å². The molecule has 2 rings (SSSR count). The van der Waals surface area contributed by atoms with Gasteiger partial charge in [-0.1, -0.05) is 32.9 Å². The van der Waals surface area contributed by atoms with Crippen LogP contribution in [0.1, 0.15) is 57.4 Å². The Hall–Kier alpha value is -0.690. The summed E-state index contributed by atoms with van der Waals surface area (Å²) in [6, 6.07) is 8.22. The molecule has 1 aliphatic carbocycles. The summed E-state index contributed by atoms with van der Waals surface area (Å²) in [5.74, 6) is 2.36. The van der Waals surface area contributed by atoms with Crippen LogP contribution in [0, 0.1) is 17.3 Å². The van der Waals surface area contributed by atoms with E-state index >= 15 is 0 Å². The van der Waals surface area contributed by atoms with Gasteiger partial charge in [-0.25, -0.2) is 0 Å². The van der Waals surface area contributed by atoms with E-state index in [9.17, 15) is 0 Å². The minimum absolute atomic E-state index is 0.141. The summed E-state index contributed by atoms with van der Waals surface area (Å²) in [7, 11) is 1.70. The highest BCUT2D eigenvalue weighted by Gasteiger charge is 2.32. The Balaban J connectivity index is 1.95. The first kappa shape index (κ1) is 15.7. The smallest absolute Gasteiger partial charge is 0.118 e. The summed E-state index contributed by atoms with van der Waals surface area (Å²) in [6.07, 6.45) is 5.13. The lowest BCUT2D eigenvalue weighted by atomic mass is 9.69. The zero-order chi connectivity index (χ0) is 14.8. The van der Waals surface area contributed by atoms with Crippen LogP contribution in [0.2, 0.25) is 0 Å². The standard InChI is InChI=1S/C18H27ClO/c1-18(2,3)15-9-5-13(6-10-15)17(19)14-7-11-16(20-4)12-8-14/h7-8,11-13,15,17H,5-6,9-10H2,1-4H3. The molecule has 0 saturated heterocycles.